The highest BCUT2D eigenvalue weighted by Crippen LogP contribution is 2.18. The molecule has 1 aliphatic heterocycles. The van der Waals surface area contributed by atoms with Crippen molar-refractivity contribution in [2.24, 2.45) is 0 Å². The predicted octanol–water partition coefficient (Wildman–Crippen LogP) is 0.305. The number of carboxylic acids is 1. The molecule has 0 aromatic rings. The number of hydrogen-bond donors (Lipinski definition) is 1. The van der Waals surface area contributed by atoms with Gasteiger partial charge in [0.05, 0.1) is 0 Å². The number of terminal acetylenes is 1. The smallest absolute Gasteiger partial charge is 0.411 e. The Hall–Kier alpha value is -1.70. The van der Waals surface area contributed by atoms with E-state index in [1.165, 1.54) is 4.90 Å². The topological polar surface area (TPSA) is 66.8 Å². The van der Waals surface area contributed by atoms with Crippen LogP contribution in [0.2, 0.25) is 0 Å². The lowest BCUT2D eigenvalue weighted by atomic mass is 10.2. The molecular weight excluding hydrogens is 186 g/mol. The van der Waals surface area contributed by atoms with Gasteiger partial charge in [-0.3, -0.25) is 4.90 Å². The molecule has 1 N–H and O–H groups in total. The molecule has 0 aliphatic carbocycles. The Balaban J connectivity index is 2.54. The molecule has 0 radical (unpaired) electrons. The fraction of sp³-hybridized carbons (Fsp3) is 0.556. The molecule has 1 fully saturated rings. The average molecular weight is 197 g/mol. The first kappa shape index (κ1) is 10.4. The minimum atomic E-state index is -1.000. The van der Waals surface area contributed by atoms with E-state index in [-0.39, 0.29) is 6.61 Å². The van der Waals surface area contributed by atoms with Gasteiger partial charge in [0, 0.05) is 6.54 Å². The Morgan fingerprint density at radius 1 is 1.64 bits per heavy atom. The summed E-state index contributed by atoms with van der Waals surface area (Å²) in [6.45, 7) is 0.294. The number of aliphatic carboxylic acids is 1. The largest absolute Gasteiger partial charge is 0.480 e. The highest BCUT2D eigenvalue weighted by atomic mass is 16.6. The summed E-state index contributed by atoms with van der Waals surface area (Å²) in [5.74, 6) is 1.15. The van der Waals surface area contributed by atoms with Crippen molar-refractivity contribution < 1.29 is 19.4 Å². The summed E-state index contributed by atoms with van der Waals surface area (Å²) in [7, 11) is 0. The van der Waals surface area contributed by atoms with Gasteiger partial charge in [-0.2, -0.15) is 0 Å². The molecule has 1 heterocycles. The number of hydrogen-bond acceptors (Lipinski definition) is 3. The van der Waals surface area contributed by atoms with E-state index >= 15 is 0 Å². The van der Waals surface area contributed by atoms with Crippen LogP contribution in [-0.4, -0.2) is 41.3 Å². The summed E-state index contributed by atoms with van der Waals surface area (Å²) in [5, 5.41) is 8.77. The van der Waals surface area contributed by atoms with Gasteiger partial charge in [0.2, 0.25) is 0 Å². The normalized spacial score (nSPS) is 20.2. The average Bonchev–Trinajstić information content (AvgIpc) is 2.62. The van der Waals surface area contributed by atoms with E-state index in [9.17, 15) is 9.59 Å². The first-order valence-corrected chi connectivity index (χ1v) is 4.26. The van der Waals surface area contributed by atoms with Gasteiger partial charge in [-0.05, 0) is 12.8 Å². The zero-order valence-corrected chi connectivity index (χ0v) is 7.60. The molecular formula is C9H11NO4. The molecule has 1 rings (SSSR count). The van der Waals surface area contributed by atoms with E-state index in [1.54, 1.807) is 0 Å². The van der Waals surface area contributed by atoms with Gasteiger partial charge in [0.1, 0.15) is 6.04 Å². The first-order valence-electron chi connectivity index (χ1n) is 4.26. The van der Waals surface area contributed by atoms with Crippen LogP contribution in [0.3, 0.4) is 0 Å². The molecule has 1 unspecified atom stereocenters. The van der Waals surface area contributed by atoms with Crippen LogP contribution in [-0.2, 0) is 9.53 Å². The molecule has 0 aromatic heterocycles. The number of carbonyl (C=O) groups excluding carboxylic acids is 1. The second-order valence-corrected chi connectivity index (χ2v) is 2.95. The van der Waals surface area contributed by atoms with Gasteiger partial charge in [-0.1, -0.05) is 5.92 Å². The van der Waals surface area contributed by atoms with Crippen molar-refractivity contribution in [1.29, 1.82) is 0 Å². The third-order valence-electron chi connectivity index (χ3n) is 2.05. The summed E-state index contributed by atoms with van der Waals surface area (Å²) >= 11 is 0. The Bertz CT molecular complexity index is 281. The lowest BCUT2D eigenvalue weighted by Gasteiger charge is -2.19. The van der Waals surface area contributed by atoms with Crippen molar-refractivity contribution >= 4 is 12.1 Å². The number of ether oxygens (including phenoxy) is 1. The Morgan fingerprint density at radius 3 is 2.93 bits per heavy atom. The summed E-state index contributed by atoms with van der Waals surface area (Å²) < 4.78 is 4.64. The van der Waals surface area contributed by atoms with Gasteiger partial charge in [0.15, 0.2) is 6.61 Å². The van der Waals surface area contributed by atoms with Gasteiger partial charge in [-0.15, -0.1) is 6.42 Å². The molecule has 0 saturated carbocycles. The van der Waals surface area contributed by atoms with E-state index in [0.717, 1.165) is 0 Å². The minimum absolute atomic E-state index is 0.123. The maximum atomic E-state index is 11.3. The Labute approximate surface area is 81.6 Å². The molecule has 14 heavy (non-hydrogen) atoms. The van der Waals surface area contributed by atoms with Crippen molar-refractivity contribution in [3.63, 3.8) is 0 Å². The first-order chi connectivity index (χ1) is 6.66. The van der Waals surface area contributed by atoms with E-state index in [2.05, 4.69) is 10.7 Å². The highest BCUT2D eigenvalue weighted by molar-refractivity contribution is 5.80. The summed E-state index contributed by atoms with van der Waals surface area (Å²) in [4.78, 5) is 23.2. The quantitative estimate of drug-likeness (QED) is 0.647. The van der Waals surface area contributed by atoms with Crippen molar-refractivity contribution in [1.82, 2.24) is 4.90 Å². The number of amides is 1. The third-order valence-corrected chi connectivity index (χ3v) is 2.05. The maximum absolute atomic E-state index is 11.3. The van der Waals surface area contributed by atoms with Crippen molar-refractivity contribution in [2.45, 2.75) is 18.9 Å². The predicted molar refractivity (Wildman–Crippen MR) is 47.5 cm³/mol. The highest BCUT2D eigenvalue weighted by Gasteiger charge is 2.34. The lowest BCUT2D eigenvalue weighted by Crippen LogP contribution is -2.40. The Kier molecular flexibility index (Phi) is 3.35. The molecule has 1 atom stereocenters. The second kappa shape index (κ2) is 4.51. The van der Waals surface area contributed by atoms with E-state index in [1.807, 2.05) is 0 Å². The second-order valence-electron chi connectivity index (χ2n) is 2.95. The molecule has 1 aliphatic rings. The molecule has 1 saturated heterocycles. The van der Waals surface area contributed by atoms with Crippen LogP contribution in [0, 0.1) is 12.3 Å². The van der Waals surface area contributed by atoms with E-state index in [0.29, 0.717) is 19.4 Å². The van der Waals surface area contributed by atoms with Crippen LogP contribution >= 0.6 is 0 Å². The van der Waals surface area contributed by atoms with Gasteiger partial charge in [0.25, 0.3) is 0 Å². The SMILES string of the molecule is C#CCOC(=O)N1CCCC1C(=O)O. The zero-order valence-electron chi connectivity index (χ0n) is 7.60. The van der Waals surface area contributed by atoms with E-state index in [4.69, 9.17) is 11.5 Å². The van der Waals surface area contributed by atoms with Crippen LogP contribution in [0.15, 0.2) is 0 Å². The number of carbonyl (C=O) groups is 2. The molecule has 76 valence electrons. The number of carboxylic acid groups (broad SMARTS) is 1. The summed E-state index contributed by atoms with van der Waals surface area (Å²) in [6, 6.07) is -0.764. The fourth-order valence-corrected chi connectivity index (χ4v) is 1.43. The zero-order chi connectivity index (χ0) is 10.6. The van der Waals surface area contributed by atoms with Gasteiger partial charge < -0.3 is 9.84 Å². The molecule has 5 heteroatoms. The molecule has 0 spiro atoms. The van der Waals surface area contributed by atoms with Crippen LogP contribution in [0.5, 0.6) is 0 Å². The van der Waals surface area contributed by atoms with Crippen molar-refractivity contribution in [3.05, 3.63) is 0 Å². The van der Waals surface area contributed by atoms with Crippen molar-refractivity contribution in [2.75, 3.05) is 13.2 Å². The fourth-order valence-electron chi connectivity index (χ4n) is 1.43. The molecule has 5 nitrogen and oxygen atoms in total. The van der Waals surface area contributed by atoms with Crippen molar-refractivity contribution in [3.8, 4) is 12.3 Å². The third kappa shape index (κ3) is 2.16. The number of nitrogens with zero attached hydrogens (tertiary/aromatic N) is 1. The van der Waals surface area contributed by atoms with Gasteiger partial charge >= 0.3 is 12.1 Å². The van der Waals surface area contributed by atoms with Crippen LogP contribution in [0.4, 0.5) is 4.79 Å². The molecule has 1 amide bonds. The number of likely N-dealkylation sites (tertiary alicyclic amines) is 1. The van der Waals surface area contributed by atoms with Crippen LogP contribution < -0.4 is 0 Å². The Morgan fingerprint density at radius 2 is 2.36 bits per heavy atom. The molecule has 0 aromatic carbocycles. The maximum Gasteiger partial charge on any atom is 0.411 e. The van der Waals surface area contributed by atoms with E-state index < -0.39 is 18.1 Å². The van der Waals surface area contributed by atoms with Crippen LogP contribution in [0.25, 0.3) is 0 Å². The minimum Gasteiger partial charge on any atom is -0.480 e. The standard InChI is InChI=1S/C9H11NO4/c1-2-6-14-9(13)10-5-3-4-7(10)8(11)12/h1,7H,3-6H2,(H,11,12). The summed E-state index contributed by atoms with van der Waals surface area (Å²) in [6.07, 6.45) is 5.42. The van der Waals surface area contributed by atoms with Gasteiger partial charge in [-0.25, -0.2) is 9.59 Å². The monoisotopic (exact) mass is 197 g/mol. The number of rotatable bonds is 2. The van der Waals surface area contributed by atoms with Crippen LogP contribution in [0.1, 0.15) is 12.8 Å². The molecule has 0 bridgehead atoms. The summed E-state index contributed by atoms with van der Waals surface area (Å²) in [5.41, 5.74) is 0. The lowest BCUT2D eigenvalue weighted by molar-refractivity contribution is -0.141.